The zero-order valence-electron chi connectivity index (χ0n) is 9.91. The molecule has 0 atom stereocenters. The molecule has 0 spiro atoms. The summed E-state index contributed by atoms with van der Waals surface area (Å²) in [5.41, 5.74) is 0. The lowest BCUT2D eigenvalue weighted by atomic mass is 11.9. The molecule has 1 heteroatoms. The summed E-state index contributed by atoms with van der Waals surface area (Å²) in [6.45, 7) is 0. The van der Waals surface area contributed by atoms with Gasteiger partial charge in [0.1, 0.15) is 0 Å². The summed E-state index contributed by atoms with van der Waals surface area (Å²) < 4.78 is 54.2. The predicted octanol–water partition coefficient (Wildman–Crippen LogP) is 0.947. The van der Waals surface area contributed by atoms with Gasteiger partial charge in [-0.05, 0) is 12.4 Å². The zero-order chi connectivity index (χ0) is 10.2. The molecule has 0 nitrogen and oxygen atoms in total. The third-order valence-electron chi connectivity index (χ3n) is 0. The van der Waals surface area contributed by atoms with Crippen molar-refractivity contribution in [3.05, 3.63) is 0 Å². The normalized spacial score (nSPS) is 43.2. The van der Waals surface area contributed by atoms with E-state index in [4.69, 9.17) is 11.0 Å². The fraction of sp³-hybridized carbons (Fsp3) is 0.667. The molecular formula is C3H8S. The molecule has 0 bridgehead atoms. The lowest BCUT2D eigenvalue weighted by Crippen LogP contribution is -1.42. The van der Waals surface area contributed by atoms with E-state index in [1.165, 1.54) is 0 Å². The highest BCUT2D eigenvalue weighted by Gasteiger charge is 1.47. The second-order valence-electron chi connectivity index (χ2n) is 0.306. The average Bonchev–Trinajstić information content (AvgIpc) is 1.49. The van der Waals surface area contributed by atoms with Gasteiger partial charge in [-0.3, -0.25) is 0 Å². The van der Waals surface area contributed by atoms with Crippen LogP contribution in [0.4, 0.5) is 0 Å². The van der Waals surface area contributed by atoms with Crippen LogP contribution in [-0.2, 0) is 0 Å². The van der Waals surface area contributed by atoms with Gasteiger partial charge in [-0.1, -0.05) is 5.82 Å². The van der Waals surface area contributed by atoms with Gasteiger partial charge < -0.3 is 0 Å². The van der Waals surface area contributed by atoms with Crippen molar-refractivity contribution in [1.29, 1.82) is 0 Å². The highest BCUT2D eigenvalue weighted by atomic mass is 32.2. The topological polar surface area (TPSA) is 0 Å². The minimum Gasteiger partial charge on any atom is -0.199 e. The molecule has 0 radical (unpaired) electrons. The van der Waals surface area contributed by atoms with Gasteiger partial charge >= 0.3 is 0 Å². The van der Waals surface area contributed by atoms with Crippen molar-refractivity contribution >= 4 is 16.3 Å². The van der Waals surface area contributed by atoms with Crippen LogP contribution in [0.1, 0.15) is 11.0 Å². The molecule has 0 saturated carbocycles. The summed E-state index contributed by atoms with van der Waals surface area (Å²) in [4.78, 5) is 0. The maximum atomic E-state index is 6.80. The van der Waals surface area contributed by atoms with Gasteiger partial charge in [0, 0.05) is 8.22 Å². The summed E-state index contributed by atoms with van der Waals surface area (Å²) in [6.07, 6.45) is -5.55. The lowest BCUT2D eigenvalue weighted by molar-refractivity contribution is 2.36. The lowest BCUT2D eigenvalue weighted by Gasteiger charge is -1.70. The Morgan fingerprint density at radius 3 is 3.00 bits per heavy atom. The molecule has 0 aromatic carbocycles. The average molecular weight is 84.2 g/mol. The second kappa shape index (κ2) is 1.53. The van der Waals surface area contributed by atoms with Crippen molar-refractivity contribution in [2.24, 2.45) is 0 Å². The molecule has 0 amide bonds. The molecule has 0 N–H and O–H groups in total. The molecule has 0 aliphatic carbocycles. The standard InChI is InChI=1S/C3H8S/c1-4(2)3/h1H2,2-3H3/i1D2,2D3,3D3. The monoisotopic (exact) mass is 84.1 g/mol. The maximum Gasteiger partial charge on any atom is 0.0603 e. The first kappa shape index (κ1) is 0.348. The fourth-order valence-electron chi connectivity index (χ4n) is 0. The van der Waals surface area contributed by atoms with E-state index in [1.54, 1.807) is 0 Å². The van der Waals surface area contributed by atoms with Crippen molar-refractivity contribution in [2.75, 3.05) is 12.4 Å². The summed E-state index contributed by atoms with van der Waals surface area (Å²) in [6, 6.07) is 0. The summed E-state index contributed by atoms with van der Waals surface area (Å²) >= 11 is 0. The van der Waals surface area contributed by atoms with E-state index in [0.29, 0.717) is 0 Å². The quantitative estimate of drug-likeness (QED) is 0.383. The molecule has 26 valence electrons. The van der Waals surface area contributed by atoms with E-state index in [1.807, 2.05) is 0 Å². The SMILES string of the molecule is [2H]C([2H])=S(C([2H])([2H])[2H])C([2H])([2H])[2H]. The molecule has 0 saturated heterocycles. The molecule has 0 aromatic rings. The molecule has 0 rings (SSSR count). The van der Waals surface area contributed by atoms with Crippen LogP contribution in [0.15, 0.2) is 0 Å². The van der Waals surface area contributed by atoms with E-state index in [9.17, 15) is 0 Å². The molecule has 0 fully saturated rings. The molecule has 0 aromatic heterocycles. The third kappa shape index (κ3) is 68.3. The van der Waals surface area contributed by atoms with Crippen LogP contribution in [0.3, 0.4) is 0 Å². The van der Waals surface area contributed by atoms with Crippen LogP contribution in [0.5, 0.6) is 0 Å². The van der Waals surface area contributed by atoms with Crippen LogP contribution in [0.25, 0.3) is 0 Å². The van der Waals surface area contributed by atoms with Crippen LogP contribution >= 0.6 is 10.5 Å². The van der Waals surface area contributed by atoms with Crippen LogP contribution in [-0.4, -0.2) is 18.2 Å². The van der Waals surface area contributed by atoms with Gasteiger partial charge in [0.2, 0.25) is 0 Å². The van der Waals surface area contributed by atoms with E-state index in [2.05, 4.69) is 0 Å². The molecule has 0 heterocycles. The van der Waals surface area contributed by atoms with E-state index >= 15 is 0 Å². The fourth-order valence-corrected chi connectivity index (χ4v) is 0. The summed E-state index contributed by atoms with van der Waals surface area (Å²) in [7, 11) is -2.26. The van der Waals surface area contributed by atoms with Gasteiger partial charge in [-0.2, -0.15) is 10.5 Å². The Morgan fingerprint density at radius 1 is 2.25 bits per heavy atom. The van der Waals surface area contributed by atoms with Crippen LogP contribution in [0.2, 0.25) is 0 Å². The van der Waals surface area contributed by atoms with E-state index in [0.717, 1.165) is 0 Å². The number of rotatable bonds is 0. The van der Waals surface area contributed by atoms with Gasteiger partial charge in [0.05, 0.1) is 2.74 Å². The Balaban J connectivity index is 5.13. The van der Waals surface area contributed by atoms with Crippen LogP contribution < -0.4 is 0 Å². The van der Waals surface area contributed by atoms with Crippen molar-refractivity contribution in [3.63, 3.8) is 0 Å². The largest absolute Gasteiger partial charge is 0.199 e. The first-order valence-corrected chi connectivity index (χ1v) is 1.84. The first-order valence-electron chi connectivity index (χ1n) is 4.61. The summed E-state index contributed by atoms with van der Waals surface area (Å²) in [5.74, 6) is -1.05. The minimum absolute atomic E-state index is 1.05. The van der Waals surface area contributed by atoms with Gasteiger partial charge in [-0.15, -0.1) is 0 Å². The molecular weight excluding hydrogens is 68.1 g/mol. The Kier molecular flexibility index (Phi) is 0.133. The highest BCUT2D eigenvalue weighted by molar-refractivity contribution is 8.12. The highest BCUT2D eigenvalue weighted by Crippen LogP contribution is 1.86. The Bertz CT molecular complexity index is 175. The van der Waals surface area contributed by atoms with Crippen molar-refractivity contribution < 1.29 is 11.0 Å². The maximum absolute atomic E-state index is 6.80. The predicted molar refractivity (Wildman–Crippen MR) is 26.6 cm³/mol. The van der Waals surface area contributed by atoms with E-state index in [-0.39, 0.29) is 0 Å². The van der Waals surface area contributed by atoms with Gasteiger partial charge in [0.25, 0.3) is 0 Å². The van der Waals surface area contributed by atoms with Crippen molar-refractivity contribution in [3.8, 4) is 0 Å². The number of hydrogen-bond donors (Lipinski definition) is 0. The Hall–Kier alpha value is 0.220. The molecule has 0 aliphatic heterocycles. The zero-order valence-corrected chi connectivity index (χ0v) is 2.72. The van der Waals surface area contributed by atoms with E-state index < -0.39 is 28.7 Å². The van der Waals surface area contributed by atoms with Gasteiger partial charge in [-0.25, -0.2) is 0 Å². The molecule has 0 aliphatic rings. The van der Waals surface area contributed by atoms with Crippen LogP contribution in [0, 0.1) is 0 Å². The van der Waals surface area contributed by atoms with Crippen molar-refractivity contribution in [1.82, 2.24) is 0 Å². The van der Waals surface area contributed by atoms with Crippen molar-refractivity contribution in [2.45, 2.75) is 0 Å². The number of hydrogen-bond acceptors (Lipinski definition) is 0. The Labute approximate surface area is 41.0 Å². The third-order valence-corrected chi connectivity index (χ3v) is 0. The molecule has 0 unspecified atom stereocenters. The summed E-state index contributed by atoms with van der Waals surface area (Å²) in [5, 5.41) is 0. The van der Waals surface area contributed by atoms with Gasteiger partial charge in [0.15, 0.2) is 0 Å². The smallest absolute Gasteiger partial charge is 0.0603 e. The first-order chi connectivity index (χ1) is 5.07. The second-order valence-corrected chi connectivity index (χ2v) is 0.919. The minimum atomic E-state index is -2.77. The molecule has 4 heavy (non-hydrogen) atoms. The Morgan fingerprint density at radius 2 is 3.00 bits per heavy atom.